The second-order valence-electron chi connectivity index (χ2n) is 7.33. The number of rotatable bonds is 6. The Morgan fingerprint density at radius 3 is 3.00 bits per heavy atom. The van der Waals surface area contributed by atoms with Gasteiger partial charge < -0.3 is 14.8 Å². The number of hydrogen-bond donors (Lipinski definition) is 1. The third kappa shape index (κ3) is 3.73. The number of aromatic nitrogens is 4. The number of nitrogens with one attached hydrogen (secondary N) is 1. The van der Waals surface area contributed by atoms with Crippen LogP contribution in [0, 0.1) is 5.82 Å². The molecule has 30 heavy (non-hydrogen) atoms. The van der Waals surface area contributed by atoms with Crippen LogP contribution in [0.3, 0.4) is 0 Å². The fourth-order valence-corrected chi connectivity index (χ4v) is 3.87. The van der Waals surface area contributed by atoms with Gasteiger partial charge in [0.15, 0.2) is 5.65 Å². The summed E-state index contributed by atoms with van der Waals surface area (Å²) < 4.78 is 27.1. The minimum absolute atomic E-state index is 0.241. The highest BCUT2D eigenvalue weighted by atomic mass is 19.1. The zero-order valence-electron chi connectivity index (χ0n) is 16.6. The Labute approximate surface area is 173 Å². The third-order valence-electron chi connectivity index (χ3n) is 5.49. The molecule has 3 aromatic rings. The molecule has 0 spiro atoms. The molecule has 2 aliphatic heterocycles. The summed E-state index contributed by atoms with van der Waals surface area (Å²) in [5.41, 5.74) is 3.12. The van der Waals surface area contributed by atoms with E-state index in [2.05, 4.69) is 31.5 Å². The second kappa shape index (κ2) is 8.37. The van der Waals surface area contributed by atoms with Gasteiger partial charge in [-0.1, -0.05) is 12.2 Å². The lowest BCUT2D eigenvalue weighted by molar-refractivity contribution is 0.0435. The molecule has 5 rings (SSSR count). The Kier molecular flexibility index (Phi) is 5.29. The van der Waals surface area contributed by atoms with E-state index in [0.717, 1.165) is 49.7 Å². The number of hydrogen-bond acceptors (Lipinski definition) is 7. The lowest BCUT2D eigenvalue weighted by atomic mass is 10.0. The molecule has 1 aromatic carbocycles. The molecule has 1 saturated heterocycles. The van der Waals surface area contributed by atoms with E-state index < -0.39 is 0 Å². The molecule has 9 heteroatoms. The van der Waals surface area contributed by atoms with Crippen molar-refractivity contribution in [1.29, 1.82) is 0 Å². The van der Waals surface area contributed by atoms with Gasteiger partial charge in [0.1, 0.15) is 17.9 Å². The molecule has 2 aliphatic rings. The lowest BCUT2D eigenvalue weighted by Gasteiger charge is -2.25. The zero-order valence-corrected chi connectivity index (χ0v) is 16.6. The Morgan fingerprint density at radius 2 is 2.10 bits per heavy atom. The second-order valence-corrected chi connectivity index (χ2v) is 7.33. The van der Waals surface area contributed by atoms with Gasteiger partial charge in [0.2, 0.25) is 5.95 Å². The van der Waals surface area contributed by atoms with Crippen LogP contribution in [0.25, 0.3) is 11.7 Å². The lowest BCUT2D eigenvalue weighted by Crippen LogP contribution is -2.36. The van der Waals surface area contributed by atoms with Crippen molar-refractivity contribution in [1.82, 2.24) is 24.5 Å². The van der Waals surface area contributed by atoms with Crippen molar-refractivity contribution >= 4 is 17.7 Å². The molecule has 0 aliphatic carbocycles. The first-order valence-electron chi connectivity index (χ1n) is 10.1. The molecule has 8 nitrogen and oxygen atoms in total. The summed E-state index contributed by atoms with van der Waals surface area (Å²) in [7, 11) is 0. The van der Waals surface area contributed by atoms with E-state index in [9.17, 15) is 4.39 Å². The minimum Gasteiger partial charge on any atom is -0.493 e. The van der Waals surface area contributed by atoms with Crippen LogP contribution in [-0.2, 0) is 17.7 Å². The Hall–Kier alpha value is -3.04. The smallest absolute Gasteiger partial charge is 0.210 e. The summed E-state index contributed by atoms with van der Waals surface area (Å²) in [6.45, 7) is 5.19. The van der Waals surface area contributed by atoms with Crippen molar-refractivity contribution in [2.45, 2.75) is 13.0 Å². The maximum absolute atomic E-state index is 14.4. The van der Waals surface area contributed by atoms with Crippen LogP contribution in [0.2, 0.25) is 0 Å². The molecule has 0 saturated carbocycles. The van der Waals surface area contributed by atoms with Crippen LogP contribution in [0.4, 0.5) is 10.3 Å². The standard InChI is InChI=1S/C21H23FN6O2/c22-18-3-4-19-16(5-9-30-19)17(18)13-24-21-23-12-15(20-26-25-14-28(20)21)2-1-6-27-7-10-29-11-8-27/h1-4,12,14H,5-11,13H2,(H,23,24)/b2-1+. The van der Waals surface area contributed by atoms with Crippen LogP contribution < -0.4 is 10.1 Å². The highest BCUT2D eigenvalue weighted by molar-refractivity contribution is 5.66. The van der Waals surface area contributed by atoms with E-state index in [-0.39, 0.29) is 5.82 Å². The Balaban J connectivity index is 1.33. The van der Waals surface area contributed by atoms with Crippen molar-refractivity contribution < 1.29 is 13.9 Å². The maximum Gasteiger partial charge on any atom is 0.210 e. The van der Waals surface area contributed by atoms with Crippen molar-refractivity contribution in [2.24, 2.45) is 0 Å². The summed E-state index contributed by atoms with van der Waals surface area (Å²) in [6, 6.07) is 3.14. The first-order valence-corrected chi connectivity index (χ1v) is 10.1. The molecule has 0 radical (unpaired) electrons. The molecule has 0 amide bonds. The number of morpholine rings is 1. The van der Waals surface area contributed by atoms with Crippen molar-refractivity contribution in [3.63, 3.8) is 0 Å². The number of fused-ring (bicyclic) bond motifs is 2. The number of ether oxygens (including phenoxy) is 2. The summed E-state index contributed by atoms with van der Waals surface area (Å²) in [5, 5.41) is 11.5. The molecule has 1 fully saturated rings. The van der Waals surface area contributed by atoms with Crippen LogP contribution in [-0.4, -0.2) is 63.9 Å². The van der Waals surface area contributed by atoms with Gasteiger partial charge in [-0.15, -0.1) is 10.2 Å². The average molecular weight is 410 g/mol. The minimum atomic E-state index is -0.241. The number of halogens is 1. The normalized spacial score (nSPS) is 16.8. The predicted octanol–water partition coefficient (Wildman–Crippen LogP) is 2.16. The van der Waals surface area contributed by atoms with Gasteiger partial charge in [-0.05, 0) is 12.1 Å². The van der Waals surface area contributed by atoms with Gasteiger partial charge in [-0.2, -0.15) is 0 Å². The largest absolute Gasteiger partial charge is 0.493 e. The number of anilines is 1. The van der Waals surface area contributed by atoms with Crippen LogP contribution in [0.5, 0.6) is 5.75 Å². The van der Waals surface area contributed by atoms with Gasteiger partial charge >= 0.3 is 0 Å². The first kappa shape index (κ1) is 19.0. The van der Waals surface area contributed by atoms with Gasteiger partial charge in [0.05, 0.1) is 19.8 Å². The van der Waals surface area contributed by atoms with Crippen LogP contribution in [0.1, 0.15) is 16.7 Å². The third-order valence-corrected chi connectivity index (χ3v) is 5.49. The Morgan fingerprint density at radius 1 is 1.20 bits per heavy atom. The summed E-state index contributed by atoms with van der Waals surface area (Å²) >= 11 is 0. The molecule has 1 N–H and O–H groups in total. The summed E-state index contributed by atoms with van der Waals surface area (Å²) in [4.78, 5) is 6.85. The molecule has 156 valence electrons. The van der Waals surface area contributed by atoms with Gasteiger partial charge in [-0.25, -0.2) is 9.37 Å². The van der Waals surface area contributed by atoms with E-state index in [1.165, 1.54) is 6.07 Å². The molecular weight excluding hydrogens is 387 g/mol. The average Bonchev–Trinajstić information content (AvgIpc) is 3.45. The molecule has 4 heterocycles. The van der Waals surface area contributed by atoms with Crippen LogP contribution in [0.15, 0.2) is 30.7 Å². The quantitative estimate of drug-likeness (QED) is 0.667. The topological polar surface area (TPSA) is 76.8 Å². The van der Waals surface area contributed by atoms with Crippen molar-refractivity contribution in [3.8, 4) is 5.75 Å². The van der Waals surface area contributed by atoms with E-state index in [1.807, 2.05) is 6.08 Å². The zero-order chi connectivity index (χ0) is 20.3. The highest BCUT2D eigenvalue weighted by Crippen LogP contribution is 2.30. The van der Waals surface area contributed by atoms with E-state index in [4.69, 9.17) is 9.47 Å². The number of nitrogens with zero attached hydrogens (tertiary/aromatic N) is 5. The van der Waals surface area contributed by atoms with E-state index in [0.29, 0.717) is 36.7 Å². The highest BCUT2D eigenvalue weighted by Gasteiger charge is 2.20. The molecule has 2 aromatic heterocycles. The van der Waals surface area contributed by atoms with E-state index in [1.54, 1.807) is 23.0 Å². The Bertz CT molecular complexity index is 1080. The fraction of sp³-hybridized carbons (Fsp3) is 0.381. The molecule has 0 bridgehead atoms. The maximum atomic E-state index is 14.4. The first-order chi connectivity index (χ1) is 14.8. The fourth-order valence-electron chi connectivity index (χ4n) is 3.87. The molecule has 0 atom stereocenters. The molecule has 0 unspecified atom stereocenters. The monoisotopic (exact) mass is 410 g/mol. The predicted molar refractivity (Wildman–Crippen MR) is 110 cm³/mol. The summed E-state index contributed by atoms with van der Waals surface area (Å²) in [5.74, 6) is 1.09. The number of benzene rings is 1. The van der Waals surface area contributed by atoms with Crippen LogP contribution >= 0.6 is 0 Å². The van der Waals surface area contributed by atoms with Crippen molar-refractivity contribution in [3.05, 3.63) is 53.2 Å². The van der Waals surface area contributed by atoms with Gasteiger partial charge in [-0.3, -0.25) is 9.30 Å². The summed E-state index contributed by atoms with van der Waals surface area (Å²) in [6.07, 6.45) is 8.20. The SMILES string of the molecule is Fc1ccc2c(c1CNc1ncc(/C=C/CN3CCOCC3)c3nncn13)CCO2. The molecular formula is C21H23FN6O2. The van der Waals surface area contributed by atoms with Crippen molar-refractivity contribution in [2.75, 3.05) is 44.8 Å². The van der Waals surface area contributed by atoms with Gasteiger partial charge in [0, 0.05) is 55.5 Å². The van der Waals surface area contributed by atoms with E-state index >= 15 is 0 Å². The van der Waals surface area contributed by atoms with Gasteiger partial charge in [0.25, 0.3) is 0 Å².